The fraction of sp³-hybridized carbons (Fsp3) is 0.286. The first-order valence-corrected chi connectivity index (χ1v) is 6.57. The van der Waals surface area contributed by atoms with Crippen LogP contribution in [0.3, 0.4) is 0 Å². The number of nitrogens with one attached hydrogen (secondary N) is 2. The number of anilines is 2. The maximum atomic E-state index is 13.0. The van der Waals surface area contributed by atoms with Gasteiger partial charge in [0.25, 0.3) is 6.43 Å². The third-order valence-electron chi connectivity index (χ3n) is 2.83. The highest BCUT2D eigenvalue weighted by atomic mass is 19.3. The molecule has 8 heteroatoms. The molecule has 0 unspecified atom stereocenters. The largest absolute Gasteiger partial charge is 0.371 e. The third-order valence-corrected chi connectivity index (χ3v) is 2.83. The maximum absolute atomic E-state index is 13.0. The summed E-state index contributed by atoms with van der Waals surface area (Å²) in [5, 5.41) is 9.15. The molecule has 1 aromatic heterocycles. The molecular formula is C14H15F3N4O. The van der Waals surface area contributed by atoms with E-state index in [4.69, 9.17) is 0 Å². The Morgan fingerprint density at radius 3 is 2.82 bits per heavy atom. The molecule has 0 saturated heterocycles. The van der Waals surface area contributed by atoms with Crippen molar-refractivity contribution in [3.05, 3.63) is 42.5 Å². The molecule has 0 radical (unpaired) electrons. The van der Waals surface area contributed by atoms with Gasteiger partial charge in [-0.1, -0.05) is 6.07 Å². The lowest BCUT2D eigenvalue weighted by Gasteiger charge is -2.13. The summed E-state index contributed by atoms with van der Waals surface area (Å²) in [6.07, 6.45) is 0.244. The number of aromatic nitrogens is 2. The Bertz CT molecular complexity index is 645. The van der Waals surface area contributed by atoms with E-state index in [1.165, 1.54) is 30.6 Å². The number of benzene rings is 1. The molecule has 0 spiro atoms. The second-order valence-corrected chi connectivity index (χ2v) is 4.71. The van der Waals surface area contributed by atoms with Gasteiger partial charge in [-0.15, -0.1) is 0 Å². The highest BCUT2D eigenvalue weighted by molar-refractivity contribution is 5.96. The van der Waals surface area contributed by atoms with Gasteiger partial charge < -0.3 is 10.6 Å². The molecule has 0 aliphatic heterocycles. The van der Waals surface area contributed by atoms with Crippen LogP contribution < -0.4 is 10.6 Å². The van der Waals surface area contributed by atoms with Crippen LogP contribution in [0.5, 0.6) is 0 Å². The van der Waals surface area contributed by atoms with Gasteiger partial charge in [0.15, 0.2) is 0 Å². The maximum Gasteiger partial charge on any atom is 0.257 e. The normalized spacial score (nSPS) is 12.2. The molecule has 5 nitrogen and oxygen atoms in total. The molecule has 2 rings (SSSR count). The van der Waals surface area contributed by atoms with Crippen LogP contribution in [-0.2, 0) is 11.3 Å². The quantitative estimate of drug-likeness (QED) is 0.862. The lowest BCUT2D eigenvalue weighted by atomic mass is 10.2. The number of amides is 1. The van der Waals surface area contributed by atoms with Crippen molar-refractivity contribution in [2.75, 3.05) is 10.6 Å². The molecule has 0 bridgehead atoms. The average Bonchev–Trinajstić information content (AvgIpc) is 2.85. The molecule has 0 aliphatic rings. The van der Waals surface area contributed by atoms with E-state index in [-0.39, 0.29) is 5.91 Å². The zero-order valence-electron chi connectivity index (χ0n) is 11.8. The van der Waals surface area contributed by atoms with Crippen molar-refractivity contribution in [1.29, 1.82) is 0 Å². The van der Waals surface area contributed by atoms with Crippen molar-refractivity contribution in [3.63, 3.8) is 0 Å². The summed E-state index contributed by atoms with van der Waals surface area (Å²) in [6.45, 7) is 1.09. The molecular weight excluding hydrogens is 297 g/mol. The van der Waals surface area contributed by atoms with Crippen LogP contribution in [0.2, 0.25) is 0 Å². The first kappa shape index (κ1) is 15.9. The number of nitrogens with zero attached hydrogens (tertiary/aromatic N) is 2. The molecule has 0 aliphatic carbocycles. The zero-order valence-corrected chi connectivity index (χ0v) is 11.8. The van der Waals surface area contributed by atoms with E-state index in [1.807, 2.05) is 0 Å². The van der Waals surface area contributed by atoms with Crippen molar-refractivity contribution in [1.82, 2.24) is 9.78 Å². The minimum Gasteiger partial charge on any atom is -0.371 e. The molecule has 118 valence electrons. The van der Waals surface area contributed by atoms with Crippen LogP contribution in [0.15, 0.2) is 36.7 Å². The van der Waals surface area contributed by atoms with Gasteiger partial charge in [0, 0.05) is 11.9 Å². The van der Waals surface area contributed by atoms with Crippen molar-refractivity contribution in [2.24, 2.45) is 0 Å². The van der Waals surface area contributed by atoms with E-state index in [9.17, 15) is 18.0 Å². The number of hydrogen-bond acceptors (Lipinski definition) is 3. The SMILES string of the molecule is C[C@@H](Nc1cnn(CC(F)F)c1)C(=O)Nc1cccc(F)c1. The molecule has 1 atom stereocenters. The Morgan fingerprint density at radius 1 is 1.36 bits per heavy atom. The van der Waals surface area contributed by atoms with Crippen LogP contribution in [0.1, 0.15) is 6.92 Å². The van der Waals surface area contributed by atoms with E-state index < -0.39 is 24.8 Å². The van der Waals surface area contributed by atoms with Gasteiger partial charge in [0.05, 0.1) is 11.9 Å². The van der Waals surface area contributed by atoms with Gasteiger partial charge in [-0.3, -0.25) is 9.48 Å². The summed E-state index contributed by atoms with van der Waals surface area (Å²) in [5.74, 6) is -0.834. The summed E-state index contributed by atoms with van der Waals surface area (Å²) in [5.41, 5.74) is 0.787. The third kappa shape index (κ3) is 4.51. The van der Waals surface area contributed by atoms with Crippen molar-refractivity contribution in [3.8, 4) is 0 Å². The van der Waals surface area contributed by atoms with Crippen LogP contribution in [0, 0.1) is 5.82 Å². The van der Waals surface area contributed by atoms with Crippen LogP contribution >= 0.6 is 0 Å². The number of halogens is 3. The minimum atomic E-state index is -2.50. The summed E-state index contributed by atoms with van der Waals surface area (Å²) >= 11 is 0. The predicted molar refractivity (Wildman–Crippen MR) is 76.3 cm³/mol. The Morgan fingerprint density at radius 2 is 2.14 bits per heavy atom. The van der Waals surface area contributed by atoms with Gasteiger partial charge in [-0.05, 0) is 25.1 Å². The summed E-state index contributed by atoms with van der Waals surface area (Å²) < 4.78 is 38.6. The second-order valence-electron chi connectivity index (χ2n) is 4.71. The van der Waals surface area contributed by atoms with Crippen LogP contribution in [0.4, 0.5) is 24.5 Å². The van der Waals surface area contributed by atoms with E-state index in [1.54, 1.807) is 13.0 Å². The fourth-order valence-corrected chi connectivity index (χ4v) is 1.81. The lowest BCUT2D eigenvalue weighted by Crippen LogP contribution is -2.31. The van der Waals surface area contributed by atoms with Crippen LogP contribution in [-0.4, -0.2) is 28.2 Å². The highest BCUT2D eigenvalue weighted by Gasteiger charge is 2.14. The first-order valence-electron chi connectivity index (χ1n) is 6.57. The fourth-order valence-electron chi connectivity index (χ4n) is 1.81. The predicted octanol–water partition coefficient (Wildman–Crippen LogP) is 2.73. The zero-order chi connectivity index (χ0) is 16.1. The van der Waals surface area contributed by atoms with E-state index in [0.717, 1.165) is 4.68 Å². The van der Waals surface area contributed by atoms with Crippen molar-refractivity contribution < 1.29 is 18.0 Å². The van der Waals surface area contributed by atoms with Gasteiger partial charge in [0.2, 0.25) is 5.91 Å². The van der Waals surface area contributed by atoms with E-state index in [2.05, 4.69) is 15.7 Å². The van der Waals surface area contributed by atoms with Gasteiger partial charge in [0.1, 0.15) is 18.4 Å². The van der Waals surface area contributed by atoms with E-state index >= 15 is 0 Å². The van der Waals surface area contributed by atoms with Gasteiger partial charge >= 0.3 is 0 Å². The molecule has 1 amide bonds. The first-order chi connectivity index (χ1) is 10.4. The smallest absolute Gasteiger partial charge is 0.257 e. The molecule has 2 aromatic rings. The number of carbonyl (C=O) groups is 1. The molecule has 22 heavy (non-hydrogen) atoms. The minimum absolute atomic E-state index is 0.340. The Kier molecular flexibility index (Phi) is 5.03. The Balaban J connectivity index is 1.92. The average molecular weight is 312 g/mol. The number of hydrogen-bond donors (Lipinski definition) is 2. The number of rotatable bonds is 6. The molecule has 1 aromatic carbocycles. The summed E-state index contributed by atoms with van der Waals surface area (Å²) in [4.78, 5) is 12.0. The molecule has 1 heterocycles. The van der Waals surface area contributed by atoms with E-state index in [0.29, 0.717) is 11.4 Å². The van der Waals surface area contributed by atoms with Crippen LogP contribution in [0.25, 0.3) is 0 Å². The molecule has 0 fully saturated rings. The highest BCUT2D eigenvalue weighted by Crippen LogP contribution is 2.12. The standard InChI is InChI=1S/C14H15F3N4O/c1-9(14(22)20-11-4-2-3-10(15)5-11)19-12-6-18-21(7-12)8-13(16)17/h2-7,9,13,19H,8H2,1H3,(H,20,22)/t9-/m1/s1. The monoisotopic (exact) mass is 312 g/mol. The Hall–Kier alpha value is -2.51. The molecule has 0 saturated carbocycles. The second kappa shape index (κ2) is 6.97. The summed E-state index contributed by atoms with van der Waals surface area (Å²) in [6, 6.07) is 4.87. The molecule has 2 N–H and O–H groups in total. The number of alkyl halides is 2. The van der Waals surface area contributed by atoms with Crippen molar-refractivity contribution >= 4 is 17.3 Å². The lowest BCUT2D eigenvalue weighted by molar-refractivity contribution is -0.116. The Labute approximate surface area is 125 Å². The van der Waals surface area contributed by atoms with Gasteiger partial charge in [-0.25, -0.2) is 13.2 Å². The van der Waals surface area contributed by atoms with Gasteiger partial charge in [-0.2, -0.15) is 5.10 Å². The topological polar surface area (TPSA) is 59.0 Å². The summed E-state index contributed by atoms with van der Waals surface area (Å²) in [7, 11) is 0. The number of carbonyl (C=O) groups excluding carboxylic acids is 1. The van der Waals surface area contributed by atoms with Crippen molar-refractivity contribution in [2.45, 2.75) is 25.9 Å².